The standard InChI is InChI=1S/C20H20ClN3O3/c1-20(2,12-25)24-16-6-4-13(10-22)9-17(16)23(19(24)26)11-14-5-7-18(27-3)15(21)8-14/h4-9,25H,11-12H2,1-3H3. The summed E-state index contributed by atoms with van der Waals surface area (Å²) >= 11 is 6.21. The van der Waals surface area contributed by atoms with Crippen molar-refractivity contribution < 1.29 is 9.84 Å². The number of methoxy groups -OCH3 is 1. The van der Waals surface area contributed by atoms with E-state index >= 15 is 0 Å². The van der Waals surface area contributed by atoms with Crippen LogP contribution in [0.25, 0.3) is 11.0 Å². The predicted molar refractivity (Wildman–Crippen MR) is 104 cm³/mol. The van der Waals surface area contributed by atoms with Crippen molar-refractivity contribution in [2.45, 2.75) is 25.9 Å². The molecule has 2 aromatic carbocycles. The predicted octanol–water partition coefficient (Wildman–Crippen LogP) is 3.11. The Morgan fingerprint density at radius 2 is 1.96 bits per heavy atom. The number of hydrogen-bond donors (Lipinski definition) is 1. The first-order valence-corrected chi connectivity index (χ1v) is 8.79. The second-order valence-electron chi connectivity index (χ2n) is 6.96. The number of fused-ring (bicyclic) bond motifs is 1. The van der Waals surface area contributed by atoms with Crippen LogP contribution in [0.1, 0.15) is 25.0 Å². The van der Waals surface area contributed by atoms with Crippen molar-refractivity contribution in [3.8, 4) is 11.8 Å². The van der Waals surface area contributed by atoms with Gasteiger partial charge in [-0.2, -0.15) is 5.26 Å². The number of aliphatic hydroxyl groups is 1. The molecule has 3 rings (SSSR count). The second kappa shape index (κ2) is 7.10. The maximum absolute atomic E-state index is 13.2. The van der Waals surface area contributed by atoms with E-state index < -0.39 is 5.54 Å². The van der Waals surface area contributed by atoms with Gasteiger partial charge in [0.2, 0.25) is 0 Å². The first-order chi connectivity index (χ1) is 12.8. The quantitative estimate of drug-likeness (QED) is 0.731. The molecule has 0 fully saturated rings. The number of imidazole rings is 1. The first kappa shape index (κ1) is 19.0. The van der Waals surface area contributed by atoms with E-state index in [2.05, 4.69) is 6.07 Å². The largest absolute Gasteiger partial charge is 0.495 e. The van der Waals surface area contributed by atoms with E-state index in [1.165, 1.54) is 0 Å². The third kappa shape index (κ3) is 3.32. The van der Waals surface area contributed by atoms with Crippen LogP contribution in [0.5, 0.6) is 5.75 Å². The lowest BCUT2D eigenvalue weighted by Gasteiger charge is -2.23. The first-order valence-electron chi connectivity index (χ1n) is 8.41. The van der Waals surface area contributed by atoms with Crippen molar-refractivity contribution in [1.82, 2.24) is 9.13 Å². The number of nitrogens with zero attached hydrogens (tertiary/aromatic N) is 3. The maximum atomic E-state index is 13.2. The summed E-state index contributed by atoms with van der Waals surface area (Å²) in [7, 11) is 1.54. The Balaban J connectivity index is 2.23. The van der Waals surface area contributed by atoms with Gasteiger partial charge in [-0.1, -0.05) is 17.7 Å². The fourth-order valence-electron chi connectivity index (χ4n) is 3.12. The zero-order chi connectivity index (χ0) is 19.8. The van der Waals surface area contributed by atoms with Crippen LogP contribution in [0.15, 0.2) is 41.2 Å². The average Bonchev–Trinajstić information content (AvgIpc) is 2.93. The van der Waals surface area contributed by atoms with Crippen molar-refractivity contribution >= 4 is 22.6 Å². The fraction of sp³-hybridized carbons (Fsp3) is 0.300. The van der Waals surface area contributed by atoms with E-state index in [-0.39, 0.29) is 18.8 Å². The molecule has 140 valence electrons. The number of aliphatic hydroxyl groups excluding tert-OH is 1. The summed E-state index contributed by atoms with van der Waals surface area (Å²) in [4.78, 5) is 13.2. The van der Waals surface area contributed by atoms with Crippen molar-refractivity contribution in [3.63, 3.8) is 0 Å². The highest BCUT2D eigenvalue weighted by molar-refractivity contribution is 6.32. The van der Waals surface area contributed by atoms with Crippen LogP contribution in [0.4, 0.5) is 0 Å². The van der Waals surface area contributed by atoms with Gasteiger partial charge in [0.25, 0.3) is 0 Å². The van der Waals surface area contributed by atoms with E-state index in [4.69, 9.17) is 16.3 Å². The summed E-state index contributed by atoms with van der Waals surface area (Å²) in [6.45, 7) is 3.67. The normalized spacial score (nSPS) is 11.6. The molecule has 1 heterocycles. The average molecular weight is 386 g/mol. The molecule has 7 heteroatoms. The van der Waals surface area contributed by atoms with Crippen molar-refractivity contribution in [2.24, 2.45) is 0 Å². The zero-order valence-corrected chi connectivity index (χ0v) is 16.1. The summed E-state index contributed by atoms with van der Waals surface area (Å²) in [6.07, 6.45) is 0. The number of halogens is 1. The van der Waals surface area contributed by atoms with Gasteiger partial charge in [0, 0.05) is 0 Å². The topological polar surface area (TPSA) is 80.2 Å². The Labute approximate surface area is 161 Å². The summed E-state index contributed by atoms with van der Waals surface area (Å²) < 4.78 is 8.32. The van der Waals surface area contributed by atoms with E-state index in [0.29, 0.717) is 27.4 Å². The number of hydrogen-bond acceptors (Lipinski definition) is 4. The molecule has 3 aromatic rings. The molecular weight excluding hydrogens is 366 g/mol. The molecule has 0 radical (unpaired) electrons. The third-order valence-corrected chi connectivity index (χ3v) is 4.90. The fourth-order valence-corrected chi connectivity index (χ4v) is 3.40. The molecule has 0 aliphatic heterocycles. The van der Waals surface area contributed by atoms with Crippen molar-refractivity contribution in [1.29, 1.82) is 5.26 Å². The minimum Gasteiger partial charge on any atom is -0.495 e. The van der Waals surface area contributed by atoms with Crippen LogP contribution >= 0.6 is 11.6 Å². The molecular formula is C20H20ClN3O3. The van der Waals surface area contributed by atoms with Crippen LogP contribution in [-0.4, -0.2) is 28.0 Å². The molecule has 0 spiro atoms. The van der Waals surface area contributed by atoms with Gasteiger partial charge >= 0.3 is 5.69 Å². The lowest BCUT2D eigenvalue weighted by atomic mass is 10.1. The van der Waals surface area contributed by atoms with Crippen LogP contribution < -0.4 is 10.4 Å². The van der Waals surface area contributed by atoms with E-state index in [1.807, 2.05) is 6.07 Å². The van der Waals surface area contributed by atoms with Crippen LogP contribution in [-0.2, 0) is 12.1 Å². The van der Waals surface area contributed by atoms with Gasteiger partial charge in [0.1, 0.15) is 5.75 Å². The van der Waals surface area contributed by atoms with Crippen LogP contribution in [0.2, 0.25) is 5.02 Å². The molecule has 0 atom stereocenters. The summed E-state index contributed by atoms with van der Waals surface area (Å²) in [6, 6.07) is 12.5. The minimum atomic E-state index is -0.785. The number of ether oxygens (including phenoxy) is 1. The lowest BCUT2D eigenvalue weighted by Crippen LogP contribution is -2.39. The van der Waals surface area contributed by atoms with Gasteiger partial charge in [-0.15, -0.1) is 0 Å². The van der Waals surface area contributed by atoms with Gasteiger partial charge in [0.15, 0.2) is 0 Å². The van der Waals surface area contributed by atoms with E-state index in [1.54, 1.807) is 60.4 Å². The van der Waals surface area contributed by atoms with Gasteiger partial charge < -0.3 is 9.84 Å². The molecule has 0 aliphatic carbocycles. The monoisotopic (exact) mass is 385 g/mol. The molecule has 0 aliphatic rings. The Hall–Kier alpha value is -2.75. The Morgan fingerprint density at radius 1 is 1.22 bits per heavy atom. The highest BCUT2D eigenvalue weighted by Gasteiger charge is 2.26. The Morgan fingerprint density at radius 3 is 2.56 bits per heavy atom. The van der Waals surface area contributed by atoms with Gasteiger partial charge in [0.05, 0.1) is 53.5 Å². The number of nitriles is 1. The van der Waals surface area contributed by atoms with Crippen molar-refractivity contribution in [3.05, 3.63) is 63.0 Å². The maximum Gasteiger partial charge on any atom is 0.330 e. The molecule has 1 aromatic heterocycles. The summed E-state index contributed by atoms with van der Waals surface area (Å²) in [5.74, 6) is 0.559. The molecule has 0 bridgehead atoms. The second-order valence-corrected chi connectivity index (χ2v) is 7.37. The Bertz CT molecular complexity index is 1110. The molecule has 0 amide bonds. The Kier molecular flexibility index (Phi) is 5.01. The summed E-state index contributed by atoms with van der Waals surface area (Å²) in [5.41, 5.74) is 1.54. The molecule has 1 N–H and O–H groups in total. The zero-order valence-electron chi connectivity index (χ0n) is 15.4. The van der Waals surface area contributed by atoms with E-state index in [0.717, 1.165) is 5.56 Å². The summed E-state index contributed by atoms with van der Waals surface area (Å²) in [5, 5.41) is 19.5. The number of rotatable bonds is 5. The molecule has 0 unspecified atom stereocenters. The SMILES string of the molecule is COc1ccc(Cn2c(=O)n(C(C)(C)CO)c3ccc(C#N)cc32)cc1Cl. The lowest BCUT2D eigenvalue weighted by molar-refractivity contribution is 0.164. The molecule has 0 saturated heterocycles. The smallest absolute Gasteiger partial charge is 0.330 e. The van der Waals surface area contributed by atoms with E-state index in [9.17, 15) is 15.2 Å². The van der Waals surface area contributed by atoms with Crippen LogP contribution in [0, 0.1) is 11.3 Å². The van der Waals surface area contributed by atoms with Gasteiger partial charge in [-0.3, -0.25) is 9.13 Å². The molecule has 27 heavy (non-hydrogen) atoms. The molecule has 0 saturated carbocycles. The highest BCUT2D eigenvalue weighted by Crippen LogP contribution is 2.27. The number of benzene rings is 2. The third-order valence-electron chi connectivity index (χ3n) is 4.61. The van der Waals surface area contributed by atoms with Crippen LogP contribution in [0.3, 0.4) is 0 Å². The highest BCUT2D eigenvalue weighted by atomic mass is 35.5. The van der Waals surface area contributed by atoms with Gasteiger partial charge in [-0.05, 0) is 49.7 Å². The molecule has 6 nitrogen and oxygen atoms in total. The van der Waals surface area contributed by atoms with Gasteiger partial charge in [-0.25, -0.2) is 4.79 Å². The van der Waals surface area contributed by atoms with Crippen molar-refractivity contribution in [2.75, 3.05) is 13.7 Å². The number of aromatic nitrogens is 2. The minimum absolute atomic E-state index is 0.194.